The lowest BCUT2D eigenvalue weighted by molar-refractivity contribution is 0.0483. The van der Waals surface area contributed by atoms with Crippen LogP contribution >= 0.6 is 0 Å². The summed E-state index contributed by atoms with van der Waals surface area (Å²) in [6.45, 7) is 6.70. The molecular formula is C14H22N2O2. The maximum Gasteiger partial charge on any atom is 0.270 e. The summed E-state index contributed by atoms with van der Waals surface area (Å²) < 4.78 is 5.81. The highest BCUT2D eigenvalue weighted by Gasteiger charge is 2.27. The third-order valence-electron chi connectivity index (χ3n) is 3.31. The topological polar surface area (TPSA) is 45.3 Å². The minimum Gasteiger partial charge on any atom is -0.376 e. The molecule has 1 amide bonds. The van der Waals surface area contributed by atoms with Crippen molar-refractivity contribution in [3.05, 3.63) is 24.0 Å². The first-order valence-corrected chi connectivity index (χ1v) is 6.71. The number of ether oxygens (including phenoxy) is 1. The summed E-state index contributed by atoms with van der Waals surface area (Å²) >= 11 is 0. The number of aromatic amines is 1. The molecule has 0 spiro atoms. The van der Waals surface area contributed by atoms with Gasteiger partial charge in [-0.3, -0.25) is 4.79 Å². The van der Waals surface area contributed by atoms with E-state index in [9.17, 15) is 4.79 Å². The second-order valence-electron chi connectivity index (χ2n) is 5.30. The van der Waals surface area contributed by atoms with E-state index >= 15 is 0 Å². The highest BCUT2D eigenvalue weighted by atomic mass is 16.5. The fraction of sp³-hybridized carbons (Fsp3) is 0.643. The number of amides is 1. The van der Waals surface area contributed by atoms with E-state index < -0.39 is 0 Å². The SMILES string of the molecule is CC(C)CCO[C@@H]1CCN(C(=O)c2ccc[nH]2)C1. The number of H-pyrrole nitrogens is 1. The van der Waals surface area contributed by atoms with Gasteiger partial charge in [0.1, 0.15) is 5.69 Å². The molecule has 0 aromatic carbocycles. The van der Waals surface area contributed by atoms with Crippen LogP contribution in [0.3, 0.4) is 0 Å². The van der Waals surface area contributed by atoms with E-state index in [1.54, 1.807) is 6.20 Å². The molecular weight excluding hydrogens is 228 g/mol. The minimum atomic E-state index is 0.0787. The fourth-order valence-corrected chi connectivity index (χ4v) is 2.15. The van der Waals surface area contributed by atoms with Gasteiger partial charge in [-0.1, -0.05) is 13.8 Å². The number of hydrogen-bond donors (Lipinski definition) is 1. The average Bonchev–Trinajstić information content (AvgIpc) is 2.99. The lowest BCUT2D eigenvalue weighted by Gasteiger charge is -2.16. The molecule has 0 aliphatic carbocycles. The molecule has 1 aromatic heterocycles. The third-order valence-corrected chi connectivity index (χ3v) is 3.31. The largest absolute Gasteiger partial charge is 0.376 e. The van der Waals surface area contributed by atoms with E-state index in [-0.39, 0.29) is 12.0 Å². The van der Waals surface area contributed by atoms with Gasteiger partial charge in [-0.25, -0.2) is 0 Å². The van der Waals surface area contributed by atoms with Crippen LogP contribution in [0.15, 0.2) is 18.3 Å². The molecule has 1 atom stereocenters. The van der Waals surface area contributed by atoms with Crippen LogP contribution in [0.25, 0.3) is 0 Å². The zero-order chi connectivity index (χ0) is 13.0. The molecule has 1 saturated heterocycles. The van der Waals surface area contributed by atoms with Crippen LogP contribution in [0, 0.1) is 5.92 Å². The van der Waals surface area contributed by atoms with E-state index in [0.717, 1.165) is 32.5 Å². The Morgan fingerprint density at radius 3 is 3.11 bits per heavy atom. The van der Waals surface area contributed by atoms with Crippen LogP contribution in [0.4, 0.5) is 0 Å². The van der Waals surface area contributed by atoms with E-state index in [1.807, 2.05) is 17.0 Å². The molecule has 4 nitrogen and oxygen atoms in total. The summed E-state index contributed by atoms with van der Waals surface area (Å²) in [7, 11) is 0. The standard InChI is InChI=1S/C14H22N2O2/c1-11(2)6-9-18-12-5-8-16(10-12)14(17)13-4-3-7-15-13/h3-4,7,11-12,15H,5-6,8-10H2,1-2H3/t12-/m1/s1. The molecule has 0 unspecified atom stereocenters. The number of hydrogen-bond acceptors (Lipinski definition) is 2. The zero-order valence-corrected chi connectivity index (χ0v) is 11.2. The molecule has 1 N–H and O–H groups in total. The summed E-state index contributed by atoms with van der Waals surface area (Å²) in [5.74, 6) is 0.748. The Bertz CT molecular complexity index is 373. The van der Waals surface area contributed by atoms with Crippen LogP contribution in [0.2, 0.25) is 0 Å². The van der Waals surface area contributed by atoms with E-state index in [2.05, 4.69) is 18.8 Å². The van der Waals surface area contributed by atoms with Gasteiger partial charge in [0, 0.05) is 25.9 Å². The van der Waals surface area contributed by atoms with Crippen LogP contribution in [-0.4, -0.2) is 41.6 Å². The average molecular weight is 250 g/mol. The molecule has 1 aliphatic rings. The highest BCUT2D eigenvalue weighted by Crippen LogP contribution is 2.16. The Labute approximate surface area is 108 Å². The first-order valence-electron chi connectivity index (χ1n) is 6.71. The van der Waals surface area contributed by atoms with Gasteiger partial charge in [0.25, 0.3) is 5.91 Å². The summed E-state index contributed by atoms with van der Waals surface area (Å²) in [6, 6.07) is 3.66. The normalized spacial score (nSPS) is 19.7. The Hall–Kier alpha value is -1.29. The predicted octanol–water partition coefficient (Wildman–Crippen LogP) is 2.29. The Kier molecular flexibility index (Phi) is 4.42. The van der Waals surface area contributed by atoms with Crippen molar-refractivity contribution in [2.24, 2.45) is 5.92 Å². The summed E-state index contributed by atoms with van der Waals surface area (Å²) in [5.41, 5.74) is 0.665. The Morgan fingerprint density at radius 1 is 1.61 bits per heavy atom. The molecule has 1 aliphatic heterocycles. The van der Waals surface area contributed by atoms with Gasteiger partial charge in [0.05, 0.1) is 6.10 Å². The number of nitrogens with one attached hydrogen (secondary N) is 1. The molecule has 1 fully saturated rings. The minimum absolute atomic E-state index is 0.0787. The first kappa shape index (κ1) is 13.1. The number of carbonyl (C=O) groups excluding carboxylic acids is 1. The molecule has 1 aromatic rings. The lowest BCUT2D eigenvalue weighted by Crippen LogP contribution is -2.30. The van der Waals surface area contributed by atoms with Crippen molar-refractivity contribution in [2.75, 3.05) is 19.7 Å². The molecule has 18 heavy (non-hydrogen) atoms. The van der Waals surface area contributed by atoms with Gasteiger partial charge < -0.3 is 14.6 Å². The molecule has 0 radical (unpaired) electrons. The fourth-order valence-electron chi connectivity index (χ4n) is 2.15. The van der Waals surface area contributed by atoms with Crippen molar-refractivity contribution in [3.63, 3.8) is 0 Å². The predicted molar refractivity (Wildman–Crippen MR) is 70.5 cm³/mol. The zero-order valence-electron chi connectivity index (χ0n) is 11.2. The Morgan fingerprint density at radius 2 is 2.44 bits per heavy atom. The number of rotatable bonds is 5. The summed E-state index contributed by atoms with van der Waals surface area (Å²) in [6.07, 6.45) is 4.02. The van der Waals surface area contributed by atoms with Crippen LogP contribution < -0.4 is 0 Å². The number of carbonyl (C=O) groups is 1. The maximum absolute atomic E-state index is 12.1. The van der Waals surface area contributed by atoms with Crippen molar-refractivity contribution in [1.29, 1.82) is 0 Å². The second kappa shape index (κ2) is 6.05. The quantitative estimate of drug-likeness (QED) is 0.871. The molecule has 0 saturated carbocycles. The summed E-state index contributed by atoms with van der Waals surface area (Å²) in [5, 5.41) is 0. The van der Waals surface area contributed by atoms with E-state index in [4.69, 9.17) is 4.74 Å². The Balaban J connectivity index is 1.76. The monoisotopic (exact) mass is 250 g/mol. The van der Waals surface area contributed by atoms with Crippen molar-refractivity contribution >= 4 is 5.91 Å². The van der Waals surface area contributed by atoms with E-state index in [0.29, 0.717) is 11.6 Å². The smallest absolute Gasteiger partial charge is 0.270 e. The number of aromatic nitrogens is 1. The lowest BCUT2D eigenvalue weighted by atomic mass is 10.1. The van der Waals surface area contributed by atoms with Gasteiger partial charge >= 0.3 is 0 Å². The second-order valence-corrected chi connectivity index (χ2v) is 5.30. The van der Waals surface area contributed by atoms with Gasteiger partial charge in [0.15, 0.2) is 0 Å². The number of likely N-dealkylation sites (tertiary alicyclic amines) is 1. The molecule has 100 valence electrons. The third kappa shape index (κ3) is 3.35. The van der Waals surface area contributed by atoms with E-state index in [1.165, 1.54) is 0 Å². The summed E-state index contributed by atoms with van der Waals surface area (Å²) in [4.78, 5) is 16.9. The van der Waals surface area contributed by atoms with Crippen molar-refractivity contribution in [1.82, 2.24) is 9.88 Å². The maximum atomic E-state index is 12.1. The van der Waals surface area contributed by atoms with Crippen molar-refractivity contribution < 1.29 is 9.53 Å². The van der Waals surface area contributed by atoms with Gasteiger partial charge in [0.2, 0.25) is 0 Å². The molecule has 0 bridgehead atoms. The molecule has 2 heterocycles. The van der Waals surface area contributed by atoms with Gasteiger partial charge in [-0.15, -0.1) is 0 Å². The van der Waals surface area contributed by atoms with Crippen LogP contribution in [0.1, 0.15) is 37.2 Å². The van der Waals surface area contributed by atoms with Crippen molar-refractivity contribution in [3.8, 4) is 0 Å². The molecule has 4 heteroatoms. The van der Waals surface area contributed by atoms with Gasteiger partial charge in [-0.05, 0) is 30.9 Å². The van der Waals surface area contributed by atoms with Crippen molar-refractivity contribution in [2.45, 2.75) is 32.8 Å². The highest BCUT2D eigenvalue weighted by molar-refractivity contribution is 5.92. The first-order chi connectivity index (χ1) is 8.66. The van der Waals surface area contributed by atoms with Crippen LogP contribution in [0.5, 0.6) is 0 Å². The van der Waals surface area contributed by atoms with Crippen LogP contribution in [-0.2, 0) is 4.74 Å². The van der Waals surface area contributed by atoms with Gasteiger partial charge in [-0.2, -0.15) is 0 Å². The number of nitrogens with zero attached hydrogens (tertiary/aromatic N) is 1. The molecule has 2 rings (SSSR count).